The van der Waals surface area contributed by atoms with Crippen molar-refractivity contribution in [2.24, 2.45) is 11.8 Å². The number of nitrogens with zero attached hydrogens (tertiary/aromatic N) is 1. The molecule has 1 aromatic carbocycles. The first-order valence-corrected chi connectivity index (χ1v) is 8.95. The molecule has 0 bridgehead atoms. The molecule has 0 spiro atoms. The molecule has 1 aliphatic rings. The van der Waals surface area contributed by atoms with E-state index in [0.717, 1.165) is 13.1 Å². The smallest absolute Gasteiger partial charge is 0.407 e. The van der Waals surface area contributed by atoms with Gasteiger partial charge in [-0.25, -0.2) is 4.79 Å². The molecule has 0 aliphatic carbocycles. The third-order valence-electron chi connectivity index (χ3n) is 5.16. The predicted octanol–water partition coefficient (Wildman–Crippen LogP) is 4.06. The zero-order valence-corrected chi connectivity index (χ0v) is 15.9. The molecule has 1 fully saturated rings. The van der Waals surface area contributed by atoms with Crippen LogP contribution in [0.5, 0.6) is 0 Å². The van der Waals surface area contributed by atoms with E-state index in [1.165, 1.54) is 5.56 Å². The number of nitrogens with one attached hydrogen (secondary N) is 1. The van der Waals surface area contributed by atoms with Crippen molar-refractivity contribution in [3.63, 3.8) is 0 Å². The Hall–Kier alpha value is -1.55. The highest BCUT2D eigenvalue weighted by Crippen LogP contribution is 2.30. The predicted molar refractivity (Wildman–Crippen MR) is 97.8 cm³/mol. The van der Waals surface area contributed by atoms with Crippen molar-refractivity contribution in [1.29, 1.82) is 0 Å². The van der Waals surface area contributed by atoms with Gasteiger partial charge >= 0.3 is 6.09 Å². The maximum absolute atomic E-state index is 12.2. The SMILES string of the molecule is CC1C(NC(=O)OC(C)(C)C)CN(Cc2ccccc2)C(C)C1C. The minimum Gasteiger partial charge on any atom is -0.444 e. The van der Waals surface area contributed by atoms with Gasteiger partial charge in [0.05, 0.1) is 0 Å². The standard InChI is InChI=1S/C20H32N2O2/c1-14-15(2)18(21-19(23)24-20(4,5)6)13-22(16(14)3)12-17-10-8-7-9-11-17/h7-11,14-16,18H,12-13H2,1-6H3,(H,21,23). The summed E-state index contributed by atoms with van der Waals surface area (Å²) in [5.41, 5.74) is 0.840. The van der Waals surface area contributed by atoms with Crippen LogP contribution < -0.4 is 5.32 Å². The van der Waals surface area contributed by atoms with Crippen LogP contribution >= 0.6 is 0 Å². The lowest BCUT2D eigenvalue weighted by atomic mass is 9.79. The fourth-order valence-corrected chi connectivity index (χ4v) is 3.39. The second-order valence-electron chi connectivity index (χ2n) is 8.13. The van der Waals surface area contributed by atoms with Gasteiger partial charge in [0.25, 0.3) is 0 Å². The third-order valence-corrected chi connectivity index (χ3v) is 5.16. The molecule has 4 nitrogen and oxygen atoms in total. The van der Waals surface area contributed by atoms with Gasteiger partial charge in [0.2, 0.25) is 0 Å². The quantitative estimate of drug-likeness (QED) is 0.907. The molecule has 1 N–H and O–H groups in total. The number of amides is 1. The van der Waals surface area contributed by atoms with E-state index in [4.69, 9.17) is 4.74 Å². The Kier molecular flexibility index (Phi) is 5.92. The first-order chi connectivity index (χ1) is 11.2. The molecule has 0 saturated carbocycles. The topological polar surface area (TPSA) is 41.6 Å². The molecule has 4 unspecified atom stereocenters. The van der Waals surface area contributed by atoms with Crippen LogP contribution in [-0.4, -0.2) is 35.2 Å². The summed E-state index contributed by atoms with van der Waals surface area (Å²) in [6.45, 7) is 14.2. The van der Waals surface area contributed by atoms with E-state index in [2.05, 4.69) is 55.3 Å². The molecule has 1 amide bonds. The monoisotopic (exact) mass is 332 g/mol. The van der Waals surface area contributed by atoms with Crippen molar-refractivity contribution in [2.45, 2.75) is 65.8 Å². The third kappa shape index (κ3) is 4.97. The number of ether oxygens (including phenoxy) is 1. The molecule has 1 aromatic rings. The van der Waals surface area contributed by atoms with Crippen LogP contribution in [0.15, 0.2) is 30.3 Å². The number of carbonyl (C=O) groups excluding carboxylic acids is 1. The van der Waals surface area contributed by atoms with Crippen LogP contribution in [0, 0.1) is 11.8 Å². The average molecular weight is 332 g/mol. The summed E-state index contributed by atoms with van der Waals surface area (Å²) in [5, 5.41) is 3.09. The van der Waals surface area contributed by atoms with E-state index in [0.29, 0.717) is 17.9 Å². The lowest BCUT2D eigenvalue weighted by Gasteiger charge is -2.46. The van der Waals surface area contributed by atoms with E-state index in [1.807, 2.05) is 26.8 Å². The fourth-order valence-electron chi connectivity index (χ4n) is 3.39. The fraction of sp³-hybridized carbons (Fsp3) is 0.650. The Bertz CT molecular complexity index is 538. The Morgan fingerprint density at radius 3 is 2.38 bits per heavy atom. The number of piperidine rings is 1. The van der Waals surface area contributed by atoms with E-state index in [9.17, 15) is 4.79 Å². The highest BCUT2D eigenvalue weighted by Gasteiger charge is 2.37. The van der Waals surface area contributed by atoms with Gasteiger partial charge in [0.15, 0.2) is 0 Å². The van der Waals surface area contributed by atoms with Crippen LogP contribution in [0.1, 0.15) is 47.1 Å². The van der Waals surface area contributed by atoms with Gasteiger partial charge in [0.1, 0.15) is 5.60 Å². The molecular formula is C20H32N2O2. The lowest BCUT2D eigenvalue weighted by molar-refractivity contribution is 0.0207. The van der Waals surface area contributed by atoms with Crippen molar-refractivity contribution in [3.05, 3.63) is 35.9 Å². The highest BCUT2D eigenvalue weighted by molar-refractivity contribution is 5.68. The second kappa shape index (κ2) is 7.56. The number of rotatable bonds is 3. The zero-order valence-electron chi connectivity index (χ0n) is 15.9. The number of benzene rings is 1. The summed E-state index contributed by atoms with van der Waals surface area (Å²) in [5.74, 6) is 0.918. The van der Waals surface area contributed by atoms with Crippen LogP contribution in [0.2, 0.25) is 0 Å². The van der Waals surface area contributed by atoms with Gasteiger partial charge in [-0.1, -0.05) is 44.2 Å². The highest BCUT2D eigenvalue weighted by atomic mass is 16.6. The summed E-state index contributed by atoms with van der Waals surface area (Å²) in [6.07, 6.45) is -0.319. The number of hydrogen-bond acceptors (Lipinski definition) is 3. The Morgan fingerprint density at radius 2 is 1.79 bits per heavy atom. The van der Waals surface area contributed by atoms with Crippen molar-refractivity contribution in [1.82, 2.24) is 10.2 Å². The Morgan fingerprint density at radius 1 is 1.17 bits per heavy atom. The van der Waals surface area contributed by atoms with Gasteiger partial charge < -0.3 is 10.1 Å². The van der Waals surface area contributed by atoms with Gasteiger partial charge in [-0.05, 0) is 45.1 Å². The number of likely N-dealkylation sites (tertiary alicyclic amines) is 1. The summed E-state index contributed by atoms with van der Waals surface area (Å²) >= 11 is 0. The maximum Gasteiger partial charge on any atom is 0.407 e. The summed E-state index contributed by atoms with van der Waals surface area (Å²) in [4.78, 5) is 14.6. The molecule has 1 saturated heterocycles. The van der Waals surface area contributed by atoms with Crippen molar-refractivity contribution >= 4 is 6.09 Å². The minimum atomic E-state index is -0.468. The van der Waals surface area contributed by atoms with Gasteiger partial charge in [0, 0.05) is 25.2 Å². The minimum absolute atomic E-state index is 0.106. The first-order valence-electron chi connectivity index (χ1n) is 8.95. The van der Waals surface area contributed by atoms with E-state index >= 15 is 0 Å². The van der Waals surface area contributed by atoms with Crippen LogP contribution in [0.25, 0.3) is 0 Å². The van der Waals surface area contributed by atoms with Crippen molar-refractivity contribution in [3.8, 4) is 0 Å². The molecule has 4 atom stereocenters. The summed E-state index contributed by atoms with van der Waals surface area (Å²) < 4.78 is 5.44. The first kappa shape index (κ1) is 18.8. The molecule has 0 radical (unpaired) electrons. The van der Waals surface area contributed by atoms with Crippen LogP contribution in [0.3, 0.4) is 0 Å². The maximum atomic E-state index is 12.2. The lowest BCUT2D eigenvalue weighted by Crippen LogP contribution is -2.58. The molecule has 1 aliphatic heterocycles. The van der Waals surface area contributed by atoms with Crippen molar-refractivity contribution in [2.75, 3.05) is 6.54 Å². The number of hydrogen-bond donors (Lipinski definition) is 1. The Balaban J connectivity index is 2.04. The van der Waals surface area contributed by atoms with Gasteiger partial charge in [-0.15, -0.1) is 0 Å². The second-order valence-corrected chi connectivity index (χ2v) is 8.13. The molecular weight excluding hydrogens is 300 g/mol. The van der Waals surface area contributed by atoms with Gasteiger partial charge in [-0.2, -0.15) is 0 Å². The zero-order chi connectivity index (χ0) is 17.9. The molecule has 2 rings (SSSR count). The normalized spacial score (nSPS) is 28.4. The Labute approximate surface area is 146 Å². The van der Waals surface area contributed by atoms with Crippen molar-refractivity contribution < 1.29 is 9.53 Å². The average Bonchev–Trinajstić information content (AvgIpc) is 2.49. The van der Waals surface area contributed by atoms with Crippen LogP contribution in [0.4, 0.5) is 4.79 Å². The largest absolute Gasteiger partial charge is 0.444 e. The molecule has 24 heavy (non-hydrogen) atoms. The molecule has 4 heteroatoms. The molecule has 0 aromatic heterocycles. The summed E-state index contributed by atoms with van der Waals surface area (Å²) in [6, 6.07) is 11.1. The van der Waals surface area contributed by atoms with Crippen LogP contribution in [-0.2, 0) is 11.3 Å². The van der Waals surface area contributed by atoms with Gasteiger partial charge in [-0.3, -0.25) is 4.90 Å². The number of alkyl carbamates (subject to hydrolysis) is 1. The van der Waals surface area contributed by atoms with E-state index in [1.54, 1.807) is 0 Å². The molecule has 134 valence electrons. The number of carbonyl (C=O) groups is 1. The van der Waals surface area contributed by atoms with E-state index < -0.39 is 5.60 Å². The molecule has 1 heterocycles. The van der Waals surface area contributed by atoms with E-state index in [-0.39, 0.29) is 12.1 Å². The summed E-state index contributed by atoms with van der Waals surface area (Å²) in [7, 11) is 0.